The van der Waals surface area contributed by atoms with Crippen LogP contribution in [-0.2, 0) is 22.5 Å². The van der Waals surface area contributed by atoms with Crippen molar-refractivity contribution in [2.24, 2.45) is 0 Å². The van der Waals surface area contributed by atoms with E-state index in [1.165, 1.54) is 12.8 Å². The molecular weight excluding hydrogens is 216 g/mol. The highest BCUT2D eigenvalue weighted by molar-refractivity contribution is 5.36. The van der Waals surface area contributed by atoms with Crippen LogP contribution >= 0.6 is 0 Å². The van der Waals surface area contributed by atoms with E-state index >= 15 is 0 Å². The van der Waals surface area contributed by atoms with Gasteiger partial charge in [-0.1, -0.05) is 5.16 Å². The molecule has 4 heteroatoms. The third-order valence-corrected chi connectivity index (χ3v) is 3.56. The predicted octanol–water partition coefficient (Wildman–Crippen LogP) is 2.43. The topological polar surface area (TPSA) is 47.3 Å². The van der Waals surface area contributed by atoms with E-state index in [9.17, 15) is 0 Å². The zero-order valence-electron chi connectivity index (χ0n) is 11.0. The minimum absolute atomic E-state index is 0.306. The summed E-state index contributed by atoms with van der Waals surface area (Å²) in [6, 6.07) is 0.681. The van der Waals surface area contributed by atoms with Gasteiger partial charge in [-0.25, -0.2) is 0 Å². The molecule has 0 unspecified atom stereocenters. The van der Waals surface area contributed by atoms with Crippen LogP contribution in [0.3, 0.4) is 0 Å². The molecule has 1 aromatic rings. The molecule has 2 heterocycles. The maximum absolute atomic E-state index is 6.05. The Morgan fingerprint density at radius 2 is 1.94 bits per heavy atom. The van der Waals surface area contributed by atoms with Crippen molar-refractivity contribution in [2.75, 3.05) is 0 Å². The van der Waals surface area contributed by atoms with Gasteiger partial charge >= 0.3 is 0 Å². The quantitative estimate of drug-likeness (QED) is 0.875. The number of hydrogen-bond donors (Lipinski definition) is 1. The van der Waals surface area contributed by atoms with Crippen LogP contribution in [0.25, 0.3) is 0 Å². The Morgan fingerprint density at radius 3 is 2.59 bits per heavy atom. The van der Waals surface area contributed by atoms with E-state index in [0.717, 1.165) is 23.6 Å². The van der Waals surface area contributed by atoms with Crippen LogP contribution in [0, 0.1) is 0 Å². The molecule has 4 nitrogen and oxygen atoms in total. The van der Waals surface area contributed by atoms with Gasteiger partial charge in [0, 0.05) is 12.6 Å². The molecule has 0 amide bonds. The van der Waals surface area contributed by atoms with Crippen LogP contribution in [-0.4, -0.2) is 11.2 Å². The molecule has 0 saturated heterocycles. The predicted molar refractivity (Wildman–Crippen MR) is 63.5 cm³/mol. The largest absolute Gasteiger partial charge is 0.358 e. The number of ether oxygens (including phenoxy) is 1. The highest BCUT2D eigenvalue weighted by Gasteiger charge is 2.48. The number of aromatic nitrogens is 1. The Labute approximate surface area is 102 Å². The molecule has 1 saturated carbocycles. The molecule has 0 aromatic carbocycles. The summed E-state index contributed by atoms with van der Waals surface area (Å²) in [5, 5.41) is 7.69. The van der Waals surface area contributed by atoms with Crippen molar-refractivity contribution < 1.29 is 9.26 Å². The molecule has 2 aliphatic rings. The van der Waals surface area contributed by atoms with Crippen molar-refractivity contribution in [3.63, 3.8) is 0 Å². The van der Waals surface area contributed by atoms with Crippen LogP contribution in [0.5, 0.6) is 0 Å². The first kappa shape index (κ1) is 11.2. The molecule has 1 aliphatic heterocycles. The van der Waals surface area contributed by atoms with Gasteiger partial charge in [-0.05, 0) is 40.5 Å². The van der Waals surface area contributed by atoms with E-state index in [2.05, 4.69) is 24.3 Å². The second-order valence-electron chi connectivity index (χ2n) is 6.11. The van der Waals surface area contributed by atoms with Gasteiger partial charge in [-0.3, -0.25) is 0 Å². The summed E-state index contributed by atoms with van der Waals surface area (Å²) in [7, 11) is 0. The number of rotatable bonds is 3. The highest BCUT2D eigenvalue weighted by Crippen LogP contribution is 2.48. The molecule has 1 fully saturated rings. The summed E-state index contributed by atoms with van der Waals surface area (Å²) in [5.41, 5.74) is 1.46. The second kappa shape index (κ2) is 3.33. The first-order valence-electron chi connectivity index (χ1n) is 6.33. The Balaban J connectivity index is 1.91. The smallest absolute Gasteiger partial charge is 0.174 e. The minimum Gasteiger partial charge on any atom is -0.358 e. The van der Waals surface area contributed by atoms with E-state index in [1.807, 2.05) is 13.8 Å². The molecule has 0 spiro atoms. The van der Waals surface area contributed by atoms with Gasteiger partial charge in [-0.15, -0.1) is 0 Å². The van der Waals surface area contributed by atoms with Gasteiger partial charge in [0.05, 0.1) is 11.2 Å². The van der Waals surface area contributed by atoms with E-state index < -0.39 is 0 Å². The summed E-state index contributed by atoms with van der Waals surface area (Å²) in [4.78, 5) is 0. The molecular formula is C13H20N2O2. The molecule has 1 N–H and O–H groups in total. The molecule has 0 radical (unpaired) electrons. The molecule has 3 rings (SSSR count). The monoisotopic (exact) mass is 236 g/mol. The van der Waals surface area contributed by atoms with Gasteiger partial charge in [0.15, 0.2) is 5.76 Å². The summed E-state index contributed by atoms with van der Waals surface area (Å²) < 4.78 is 11.5. The van der Waals surface area contributed by atoms with Crippen molar-refractivity contribution in [2.45, 2.75) is 64.3 Å². The van der Waals surface area contributed by atoms with Crippen molar-refractivity contribution in [1.82, 2.24) is 10.5 Å². The number of nitrogens with zero attached hydrogens (tertiary/aromatic N) is 1. The fourth-order valence-corrected chi connectivity index (χ4v) is 2.74. The number of hydrogen-bond acceptors (Lipinski definition) is 4. The minimum atomic E-state index is -0.371. The third-order valence-electron chi connectivity index (χ3n) is 3.56. The zero-order valence-corrected chi connectivity index (χ0v) is 11.0. The van der Waals surface area contributed by atoms with Gasteiger partial charge in [0.1, 0.15) is 11.3 Å². The molecule has 0 bridgehead atoms. The van der Waals surface area contributed by atoms with Gasteiger partial charge in [0.25, 0.3) is 0 Å². The lowest BCUT2D eigenvalue weighted by molar-refractivity contribution is -0.114. The fourth-order valence-electron chi connectivity index (χ4n) is 2.74. The zero-order chi connectivity index (χ0) is 12.3. The van der Waals surface area contributed by atoms with Crippen LogP contribution in [0.1, 0.15) is 57.6 Å². The number of nitrogens with one attached hydrogen (secondary N) is 1. The van der Waals surface area contributed by atoms with Crippen LogP contribution < -0.4 is 5.32 Å². The summed E-state index contributed by atoms with van der Waals surface area (Å²) in [6.45, 7) is 9.01. The van der Waals surface area contributed by atoms with E-state index in [4.69, 9.17) is 9.26 Å². The molecule has 94 valence electrons. The third kappa shape index (κ3) is 1.79. The molecule has 1 aromatic heterocycles. The lowest BCUT2D eigenvalue weighted by Crippen LogP contribution is -2.25. The summed E-state index contributed by atoms with van der Waals surface area (Å²) >= 11 is 0. The van der Waals surface area contributed by atoms with E-state index in [0.29, 0.717) is 6.04 Å². The normalized spacial score (nSPS) is 24.9. The Hall–Kier alpha value is -0.870. The van der Waals surface area contributed by atoms with Crippen molar-refractivity contribution in [1.29, 1.82) is 0 Å². The Bertz CT molecular complexity index is 444. The van der Waals surface area contributed by atoms with Crippen LogP contribution in [0.4, 0.5) is 0 Å². The Morgan fingerprint density at radius 1 is 1.24 bits per heavy atom. The second-order valence-corrected chi connectivity index (χ2v) is 6.11. The fraction of sp³-hybridized carbons (Fsp3) is 0.769. The average Bonchev–Trinajstić information content (AvgIpc) is 2.86. The number of fused-ring (bicyclic) bond motifs is 1. The SMILES string of the molecule is CC1(C)OC(C)(C)c2c(CNC3CC3)noc21. The standard InChI is InChI=1S/C13H20N2O2/c1-12(2)10-9(7-14-8-5-6-8)15-16-11(10)13(3,4)17-12/h8,14H,5-7H2,1-4H3. The molecule has 17 heavy (non-hydrogen) atoms. The summed E-state index contributed by atoms with van der Waals surface area (Å²) in [6.07, 6.45) is 2.57. The van der Waals surface area contributed by atoms with Crippen molar-refractivity contribution >= 4 is 0 Å². The maximum atomic E-state index is 6.05. The van der Waals surface area contributed by atoms with Gasteiger partial charge < -0.3 is 14.6 Å². The van der Waals surface area contributed by atoms with Crippen LogP contribution in [0.15, 0.2) is 4.52 Å². The van der Waals surface area contributed by atoms with Crippen molar-refractivity contribution in [3.05, 3.63) is 17.0 Å². The van der Waals surface area contributed by atoms with Gasteiger partial charge in [0.2, 0.25) is 0 Å². The van der Waals surface area contributed by atoms with E-state index in [-0.39, 0.29) is 11.2 Å². The Kier molecular flexibility index (Phi) is 2.20. The lowest BCUT2D eigenvalue weighted by atomic mass is 9.95. The first-order chi connectivity index (χ1) is 7.90. The summed E-state index contributed by atoms with van der Waals surface area (Å²) in [5.74, 6) is 0.884. The van der Waals surface area contributed by atoms with Gasteiger partial charge in [-0.2, -0.15) is 0 Å². The highest BCUT2D eigenvalue weighted by atomic mass is 16.6. The first-order valence-corrected chi connectivity index (χ1v) is 6.33. The van der Waals surface area contributed by atoms with Crippen molar-refractivity contribution in [3.8, 4) is 0 Å². The molecule has 0 atom stereocenters. The molecule has 1 aliphatic carbocycles. The maximum Gasteiger partial charge on any atom is 0.174 e. The lowest BCUT2D eigenvalue weighted by Gasteiger charge is -2.24. The van der Waals surface area contributed by atoms with E-state index in [1.54, 1.807) is 0 Å². The van der Waals surface area contributed by atoms with Crippen LogP contribution in [0.2, 0.25) is 0 Å². The average molecular weight is 236 g/mol.